The highest BCUT2D eigenvalue weighted by molar-refractivity contribution is 9.09. The molecule has 16 heavy (non-hydrogen) atoms. The van der Waals surface area contributed by atoms with Crippen LogP contribution in [-0.2, 0) is 0 Å². The summed E-state index contributed by atoms with van der Waals surface area (Å²) in [6.07, 6.45) is 3.37. The molecule has 0 N–H and O–H groups in total. The van der Waals surface area contributed by atoms with Crippen molar-refractivity contribution in [2.75, 3.05) is 18.9 Å². The monoisotopic (exact) mass is 304 g/mol. The number of unbranched alkanes of at least 4 members (excludes halogenated alkanes) is 2. The number of nitrogens with zero attached hydrogens (tertiary/aromatic N) is 2. The summed E-state index contributed by atoms with van der Waals surface area (Å²) >= 11 is 4.91. The van der Waals surface area contributed by atoms with Gasteiger partial charge in [0, 0.05) is 24.3 Å². The third-order valence-electron chi connectivity index (χ3n) is 2.31. The number of hydrogen-bond donors (Lipinski definition) is 0. The predicted molar refractivity (Wildman–Crippen MR) is 71.5 cm³/mol. The summed E-state index contributed by atoms with van der Waals surface area (Å²) < 4.78 is 0. The van der Waals surface area contributed by atoms with Crippen molar-refractivity contribution in [3.05, 3.63) is 16.1 Å². The molecule has 1 amide bonds. The van der Waals surface area contributed by atoms with Crippen molar-refractivity contribution >= 4 is 33.2 Å². The first kappa shape index (κ1) is 13.6. The lowest BCUT2D eigenvalue weighted by Gasteiger charge is -2.15. The van der Waals surface area contributed by atoms with E-state index in [4.69, 9.17) is 0 Å². The Labute approximate surface area is 109 Å². The molecule has 1 aromatic rings. The van der Waals surface area contributed by atoms with Gasteiger partial charge in [-0.1, -0.05) is 22.4 Å². The second-order valence-corrected chi connectivity index (χ2v) is 5.58. The molecule has 0 radical (unpaired) electrons. The van der Waals surface area contributed by atoms with Crippen LogP contribution in [0.15, 0.2) is 5.38 Å². The number of alkyl halides is 1. The fourth-order valence-corrected chi connectivity index (χ4v) is 2.36. The van der Waals surface area contributed by atoms with Gasteiger partial charge in [-0.25, -0.2) is 4.98 Å². The van der Waals surface area contributed by atoms with E-state index in [1.807, 2.05) is 19.4 Å². The Morgan fingerprint density at radius 2 is 2.25 bits per heavy atom. The summed E-state index contributed by atoms with van der Waals surface area (Å²) in [6.45, 7) is 2.72. The van der Waals surface area contributed by atoms with E-state index in [2.05, 4.69) is 20.9 Å². The van der Waals surface area contributed by atoms with Crippen molar-refractivity contribution < 1.29 is 4.79 Å². The van der Waals surface area contributed by atoms with E-state index >= 15 is 0 Å². The number of carbonyl (C=O) groups is 1. The fourth-order valence-electron chi connectivity index (χ4n) is 1.38. The highest BCUT2D eigenvalue weighted by Crippen LogP contribution is 2.10. The molecule has 5 heteroatoms. The number of amides is 1. The van der Waals surface area contributed by atoms with Crippen LogP contribution >= 0.6 is 27.3 Å². The Balaban J connectivity index is 2.36. The van der Waals surface area contributed by atoms with Crippen molar-refractivity contribution in [1.82, 2.24) is 9.88 Å². The summed E-state index contributed by atoms with van der Waals surface area (Å²) in [4.78, 5) is 17.8. The van der Waals surface area contributed by atoms with Gasteiger partial charge in [0.2, 0.25) is 0 Å². The smallest absolute Gasteiger partial charge is 0.273 e. The van der Waals surface area contributed by atoms with Gasteiger partial charge < -0.3 is 4.90 Å². The van der Waals surface area contributed by atoms with Crippen molar-refractivity contribution in [1.29, 1.82) is 0 Å². The number of thiazole rings is 1. The van der Waals surface area contributed by atoms with Crippen LogP contribution in [0.3, 0.4) is 0 Å². The number of carbonyl (C=O) groups excluding carboxylic acids is 1. The van der Waals surface area contributed by atoms with Gasteiger partial charge in [0.25, 0.3) is 5.91 Å². The van der Waals surface area contributed by atoms with E-state index in [0.29, 0.717) is 5.69 Å². The minimum atomic E-state index is 0.0307. The molecule has 0 aliphatic heterocycles. The molecule has 0 spiro atoms. The van der Waals surface area contributed by atoms with E-state index in [1.54, 1.807) is 4.90 Å². The first-order valence-corrected chi connectivity index (χ1v) is 7.39. The summed E-state index contributed by atoms with van der Waals surface area (Å²) in [5.74, 6) is 0.0307. The Kier molecular flexibility index (Phi) is 5.98. The van der Waals surface area contributed by atoms with Crippen molar-refractivity contribution in [3.63, 3.8) is 0 Å². The minimum absolute atomic E-state index is 0.0307. The van der Waals surface area contributed by atoms with Crippen molar-refractivity contribution in [3.8, 4) is 0 Å². The Hall–Kier alpha value is -0.420. The summed E-state index contributed by atoms with van der Waals surface area (Å²) in [7, 11) is 1.84. The Morgan fingerprint density at radius 1 is 1.50 bits per heavy atom. The van der Waals surface area contributed by atoms with Gasteiger partial charge in [-0.3, -0.25) is 4.79 Å². The molecule has 0 unspecified atom stereocenters. The third kappa shape index (κ3) is 4.22. The van der Waals surface area contributed by atoms with Crippen molar-refractivity contribution in [2.24, 2.45) is 0 Å². The average Bonchev–Trinajstić information content (AvgIpc) is 2.70. The van der Waals surface area contributed by atoms with Crippen LogP contribution < -0.4 is 0 Å². The second-order valence-electron chi connectivity index (χ2n) is 3.73. The van der Waals surface area contributed by atoms with Crippen molar-refractivity contribution in [2.45, 2.75) is 26.2 Å². The topological polar surface area (TPSA) is 33.2 Å². The normalized spacial score (nSPS) is 10.4. The fraction of sp³-hybridized carbons (Fsp3) is 0.636. The summed E-state index contributed by atoms with van der Waals surface area (Å²) in [5, 5.41) is 3.80. The maximum absolute atomic E-state index is 11.9. The molecule has 0 atom stereocenters. The van der Waals surface area contributed by atoms with Crippen LogP contribution in [0.25, 0.3) is 0 Å². The van der Waals surface area contributed by atoms with Gasteiger partial charge in [0.05, 0.1) is 5.01 Å². The molecule has 0 aliphatic rings. The second kappa shape index (κ2) is 7.01. The first-order chi connectivity index (χ1) is 7.65. The molecule has 1 heterocycles. The maximum atomic E-state index is 11.9. The van der Waals surface area contributed by atoms with E-state index in [9.17, 15) is 4.79 Å². The Morgan fingerprint density at radius 3 is 2.81 bits per heavy atom. The number of aryl methyl sites for hydroxylation is 1. The third-order valence-corrected chi connectivity index (χ3v) is 3.65. The van der Waals surface area contributed by atoms with Gasteiger partial charge >= 0.3 is 0 Å². The van der Waals surface area contributed by atoms with Gasteiger partial charge in [0.15, 0.2) is 0 Å². The number of rotatable bonds is 6. The molecule has 0 aromatic carbocycles. The molecule has 1 rings (SSSR count). The Bertz CT molecular complexity index is 340. The maximum Gasteiger partial charge on any atom is 0.273 e. The summed E-state index contributed by atoms with van der Waals surface area (Å²) in [6, 6.07) is 0. The zero-order valence-corrected chi connectivity index (χ0v) is 12.1. The molecule has 0 bridgehead atoms. The number of halogens is 1. The predicted octanol–water partition coefficient (Wildman–Crippen LogP) is 3.09. The molecule has 0 fully saturated rings. The van der Waals surface area contributed by atoms with E-state index in [1.165, 1.54) is 11.3 Å². The molecule has 90 valence electrons. The molecule has 0 saturated carbocycles. The lowest BCUT2D eigenvalue weighted by atomic mass is 10.2. The molecule has 3 nitrogen and oxygen atoms in total. The number of aromatic nitrogens is 1. The molecular weight excluding hydrogens is 288 g/mol. The zero-order chi connectivity index (χ0) is 12.0. The molecule has 1 aromatic heterocycles. The standard InChI is InChI=1S/C11H17BrN2OS/c1-9-13-10(8-16-9)11(15)14(2)7-5-3-4-6-12/h8H,3-7H2,1-2H3. The van der Waals surface area contributed by atoms with Gasteiger partial charge in [0.1, 0.15) is 5.69 Å². The lowest BCUT2D eigenvalue weighted by molar-refractivity contribution is 0.0787. The van der Waals surface area contributed by atoms with Crippen LogP contribution in [0.5, 0.6) is 0 Å². The summed E-state index contributed by atoms with van der Waals surface area (Å²) in [5.41, 5.74) is 0.575. The van der Waals surface area contributed by atoms with Crippen LogP contribution in [0.4, 0.5) is 0 Å². The highest BCUT2D eigenvalue weighted by atomic mass is 79.9. The lowest BCUT2D eigenvalue weighted by Crippen LogP contribution is -2.28. The number of hydrogen-bond acceptors (Lipinski definition) is 3. The SMILES string of the molecule is Cc1nc(C(=O)N(C)CCCCCBr)cs1. The van der Waals surface area contributed by atoms with Crippen LogP contribution in [0.1, 0.15) is 34.8 Å². The van der Waals surface area contributed by atoms with Crippen LogP contribution in [-0.4, -0.2) is 34.7 Å². The minimum Gasteiger partial charge on any atom is -0.340 e. The van der Waals surface area contributed by atoms with Gasteiger partial charge in [-0.05, 0) is 19.8 Å². The van der Waals surface area contributed by atoms with E-state index in [0.717, 1.165) is 36.1 Å². The molecular formula is C11H17BrN2OS. The van der Waals surface area contributed by atoms with Crippen LogP contribution in [0.2, 0.25) is 0 Å². The van der Waals surface area contributed by atoms with Gasteiger partial charge in [-0.15, -0.1) is 11.3 Å². The van der Waals surface area contributed by atoms with E-state index in [-0.39, 0.29) is 5.91 Å². The zero-order valence-electron chi connectivity index (χ0n) is 9.70. The van der Waals surface area contributed by atoms with E-state index < -0.39 is 0 Å². The molecule has 0 aliphatic carbocycles. The largest absolute Gasteiger partial charge is 0.340 e. The van der Waals surface area contributed by atoms with Gasteiger partial charge in [-0.2, -0.15) is 0 Å². The quantitative estimate of drug-likeness (QED) is 0.598. The average molecular weight is 305 g/mol. The first-order valence-electron chi connectivity index (χ1n) is 5.38. The highest BCUT2D eigenvalue weighted by Gasteiger charge is 2.13. The van der Waals surface area contributed by atoms with Crippen LogP contribution in [0, 0.1) is 6.92 Å². The molecule has 0 saturated heterocycles.